The predicted octanol–water partition coefficient (Wildman–Crippen LogP) is 6.63. The lowest BCUT2D eigenvalue weighted by atomic mass is 10.0. The quantitative estimate of drug-likeness (QED) is 0.325. The van der Waals surface area contributed by atoms with Gasteiger partial charge in [-0.3, -0.25) is 0 Å². The monoisotopic (exact) mass is 400 g/mol. The van der Waals surface area contributed by atoms with Gasteiger partial charge in [-0.1, -0.05) is 30.3 Å². The first-order valence-corrected chi connectivity index (χ1v) is 10.4. The minimum Gasteiger partial charge on any atom is -0.355 e. The van der Waals surface area contributed by atoms with Gasteiger partial charge in [0.15, 0.2) is 0 Å². The molecule has 31 heavy (non-hydrogen) atoms. The number of aromatic amines is 2. The van der Waals surface area contributed by atoms with Crippen LogP contribution in [-0.2, 0) is 0 Å². The highest BCUT2D eigenvalue weighted by molar-refractivity contribution is 5.91. The first-order valence-electron chi connectivity index (χ1n) is 10.4. The number of rotatable bonds is 1. The summed E-state index contributed by atoms with van der Waals surface area (Å²) in [6.07, 6.45) is 8.23. The maximum absolute atomic E-state index is 4.92. The van der Waals surface area contributed by atoms with Gasteiger partial charge in [0.25, 0.3) is 0 Å². The third kappa shape index (κ3) is 3.19. The van der Waals surface area contributed by atoms with Crippen LogP contribution < -0.4 is 0 Å². The second kappa shape index (κ2) is 6.96. The fraction of sp³-hybridized carbons (Fsp3) is 0.0370. The van der Waals surface area contributed by atoms with Gasteiger partial charge in [-0.15, -0.1) is 0 Å². The van der Waals surface area contributed by atoms with Gasteiger partial charge in [-0.2, -0.15) is 0 Å². The summed E-state index contributed by atoms with van der Waals surface area (Å²) in [4.78, 5) is 16.8. The minimum atomic E-state index is 0.901. The van der Waals surface area contributed by atoms with Gasteiger partial charge in [-0.05, 0) is 78.8 Å². The Morgan fingerprint density at radius 2 is 1.26 bits per heavy atom. The normalized spacial score (nSPS) is 12.4. The molecule has 0 aliphatic carbocycles. The van der Waals surface area contributed by atoms with E-state index in [1.807, 2.05) is 24.3 Å². The van der Waals surface area contributed by atoms with Crippen LogP contribution in [0.1, 0.15) is 28.3 Å². The van der Waals surface area contributed by atoms with E-state index < -0.39 is 0 Å². The summed E-state index contributed by atoms with van der Waals surface area (Å²) < 4.78 is 0. The first-order chi connectivity index (χ1) is 15.2. The summed E-state index contributed by atoms with van der Waals surface area (Å²) >= 11 is 0. The van der Waals surface area contributed by atoms with E-state index in [0.717, 1.165) is 61.5 Å². The molecule has 0 unspecified atom stereocenters. The van der Waals surface area contributed by atoms with E-state index in [0.29, 0.717) is 0 Å². The molecule has 0 atom stereocenters. The Balaban J connectivity index is 1.74. The van der Waals surface area contributed by atoms with Gasteiger partial charge < -0.3 is 9.97 Å². The summed E-state index contributed by atoms with van der Waals surface area (Å²) in [7, 11) is 0. The number of benzene rings is 1. The molecule has 148 valence electrons. The third-order valence-corrected chi connectivity index (χ3v) is 5.72. The first kappa shape index (κ1) is 17.7. The zero-order valence-corrected chi connectivity index (χ0v) is 17.1. The van der Waals surface area contributed by atoms with Crippen LogP contribution in [0.5, 0.6) is 0 Å². The maximum atomic E-state index is 4.92. The molecule has 4 heteroatoms. The molecule has 1 aromatic carbocycles. The van der Waals surface area contributed by atoms with Crippen LogP contribution in [0.3, 0.4) is 0 Å². The fourth-order valence-corrected chi connectivity index (χ4v) is 4.12. The molecule has 0 saturated carbocycles. The Labute approximate surface area is 179 Å². The van der Waals surface area contributed by atoms with Crippen LogP contribution in [0.4, 0.5) is 0 Å². The van der Waals surface area contributed by atoms with Crippen molar-refractivity contribution in [1.29, 1.82) is 0 Å². The summed E-state index contributed by atoms with van der Waals surface area (Å²) in [6, 6.07) is 23.0. The van der Waals surface area contributed by atoms with Gasteiger partial charge in [0.05, 0.1) is 22.8 Å². The number of nitrogens with one attached hydrogen (secondary N) is 2. The third-order valence-electron chi connectivity index (χ3n) is 5.72. The molecule has 0 saturated heterocycles. The van der Waals surface area contributed by atoms with Crippen LogP contribution in [-0.4, -0.2) is 19.9 Å². The fourth-order valence-electron chi connectivity index (χ4n) is 4.12. The van der Waals surface area contributed by atoms with E-state index in [1.165, 1.54) is 0 Å². The Hall–Kier alpha value is -4.18. The summed E-state index contributed by atoms with van der Waals surface area (Å²) in [5.74, 6) is 0. The Morgan fingerprint density at radius 1 is 0.613 bits per heavy atom. The number of aromatic nitrogens is 4. The highest BCUT2D eigenvalue weighted by atomic mass is 14.8. The highest BCUT2D eigenvalue weighted by Crippen LogP contribution is 2.30. The van der Waals surface area contributed by atoms with E-state index in [-0.39, 0.29) is 0 Å². The van der Waals surface area contributed by atoms with E-state index in [1.54, 1.807) is 0 Å². The van der Waals surface area contributed by atoms with Crippen molar-refractivity contribution >= 4 is 46.4 Å². The van der Waals surface area contributed by atoms with Gasteiger partial charge in [0.2, 0.25) is 0 Å². The number of fused-ring (bicyclic) bond motifs is 8. The zero-order valence-electron chi connectivity index (χ0n) is 17.1. The van der Waals surface area contributed by atoms with Gasteiger partial charge in [-0.25, -0.2) is 9.97 Å². The van der Waals surface area contributed by atoms with Crippen molar-refractivity contribution in [3.63, 3.8) is 0 Å². The molecule has 0 amide bonds. The summed E-state index contributed by atoms with van der Waals surface area (Å²) in [5, 5.41) is 0. The number of hydrogen-bond acceptors (Lipinski definition) is 2. The van der Waals surface area contributed by atoms with Crippen LogP contribution in [0.15, 0.2) is 66.7 Å². The van der Waals surface area contributed by atoms with Crippen molar-refractivity contribution < 1.29 is 0 Å². The molecule has 6 rings (SSSR count). The van der Waals surface area contributed by atoms with Crippen molar-refractivity contribution in [3.05, 3.63) is 95.1 Å². The lowest BCUT2D eigenvalue weighted by Gasteiger charge is -2.03. The standard InChI is InChI=1S/C27H20N4/c1-17-23-11-7-19(28-23)15-21-9-13-25(30-21)27(18-5-3-2-4-6-18)26-14-10-22(31-26)16-20-8-12-24(17)29-20/h2-16,28,30H,1H3. The Bertz CT molecular complexity index is 1530. The number of nitrogens with zero attached hydrogens (tertiary/aromatic N) is 2. The molecular formula is C27H20N4. The average molecular weight is 400 g/mol. The van der Waals surface area contributed by atoms with E-state index in [2.05, 4.69) is 83.6 Å². The second-order valence-electron chi connectivity index (χ2n) is 7.82. The predicted molar refractivity (Wildman–Crippen MR) is 129 cm³/mol. The maximum Gasteiger partial charge on any atom is 0.0736 e. The second-order valence-corrected chi connectivity index (χ2v) is 7.82. The van der Waals surface area contributed by atoms with Crippen LogP contribution in [0.25, 0.3) is 57.5 Å². The number of H-pyrrole nitrogens is 2. The molecule has 0 fully saturated rings. The molecule has 3 aromatic heterocycles. The van der Waals surface area contributed by atoms with E-state index in [9.17, 15) is 0 Å². The van der Waals surface area contributed by atoms with Crippen molar-refractivity contribution in [2.75, 3.05) is 0 Å². The van der Waals surface area contributed by atoms with Crippen LogP contribution in [0.2, 0.25) is 0 Å². The molecule has 2 aliphatic heterocycles. The SMILES string of the molecule is Cc1c2nc(cc3nc(c(-c4ccccc4)c4ccc(cc5ccc1[nH]5)[nH]4)C=C3)C=C2. The highest BCUT2D eigenvalue weighted by Gasteiger charge is 2.11. The molecule has 8 bridgehead atoms. The molecular weight excluding hydrogens is 380 g/mol. The molecule has 4 aromatic rings. The molecule has 2 aliphatic rings. The lowest BCUT2D eigenvalue weighted by Crippen LogP contribution is -1.85. The topological polar surface area (TPSA) is 57.4 Å². The van der Waals surface area contributed by atoms with Crippen molar-refractivity contribution in [1.82, 2.24) is 19.9 Å². The van der Waals surface area contributed by atoms with Crippen LogP contribution in [0, 0.1) is 6.92 Å². The van der Waals surface area contributed by atoms with Crippen molar-refractivity contribution in [3.8, 4) is 11.1 Å². The zero-order chi connectivity index (χ0) is 20.8. The van der Waals surface area contributed by atoms with Gasteiger partial charge in [0, 0.05) is 27.6 Å². The number of hydrogen-bond donors (Lipinski definition) is 2. The minimum absolute atomic E-state index is 0.901. The molecule has 4 nitrogen and oxygen atoms in total. The largest absolute Gasteiger partial charge is 0.355 e. The average Bonchev–Trinajstić information content (AvgIpc) is 3.58. The smallest absolute Gasteiger partial charge is 0.0736 e. The summed E-state index contributed by atoms with van der Waals surface area (Å²) in [5.41, 5.74) is 11.2. The lowest BCUT2D eigenvalue weighted by molar-refractivity contribution is 1.25. The van der Waals surface area contributed by atoms with Crippen molar-refractivity contribution in [2.45, 2.75) is 6.92 Å². The molecule has 0 spiro atoms. The molecule has 0 radical (unpaired) electrons. The van der Waals surface area contributed by atoms with E-state index >= 15 is 0 Å². The summed E-state index contributed by atoms with van der Waals surface area (Å²) in [6.45, 7) is 2.09. The van der Waals surface area contributed by atoms with Crippen molar-refractivity contribution in [2.24, 2.45) is 0 Å². The molecule has 2 N–H and O–H groups in total. The Kier molecular flexibility index (Phi) is 3.96. The Morgan fingerprint density at radius 3 is 2.03 bits per heavy atom. The van der Waals surface area contributed by atoms with Gasteiger partial charge >= 0.3 is 0 Å². The number of aryl methyl sites for hydroxylation is 1. The molecule has 5 heterocycles. The van der Waals surface area contributed by atoms with Gasteiger partial charge in [0.1, 0.15) is 0 Å². The van der Waals surface area contributed by atoms with E-state index in [4.69, 9.17) is 9.97 Å². The van der Waals surface area contributed by atoms with Crippen LogP contribution >= 0.6 is 0 Å².